The lowest BCUT2D eigenvalue weighted by molar-refractivity contribution is -0.136. The molecule has 0 bridgehead atoms. The molecule has 3 nitrogen and oxygen atoms in total. The Morgan fingerprint density at radius 3 is 2.28 bits per heavy atom. The molecule has 0 fully saturated rings. The normalized spacial score (nSPS) is 14.0. The van der Waals surface area contributed by atoms with Crippen molar-refractivity contribution >= 4 is 5.97 Å². The summed E-state index contributed by atoms with van der Waals surface area (Å²) in [6.07, 6.45) is 27.4. The molecule has 0 heterocycles. The molecule has 0 aromatic rings. The highest BCUT2D eigenvalue weighted by Crippen LogP contribution is 2.01. The van der Waals surface area contributed by atoms with E-state index in [9.17, 15) is 9.90 Å². The maximum absolute atomic E-state index is 10.3. The molecule has 0 saturated carbocycles. The van der Waals surface area contributed by atoms with E-state index in [-0.39, 0.29) is 6.42 Å². The number of carbonyl (C=O) groups is 1. The number of aliphatic hydroxyl groups is 1. The third-order valence-electron chi connectivity index (χ3n) is 3.50. The van der Waals surface area contributed by atoms with Gasteiger partial charge in [0, 0.05) is 6.42 Å². The fourth-order valence-electron chi connectivity index (χ4n) is 2.06. The summed E-state index contributed by atoms with van der Waals surface area (Å²) in [4.78, 5) is 10.3. The van der Waals surface area contributed by atoms with Crippen molar-refractivity contribution in [3.05, 3.63) is 60.8 Å². The Bertz CT molecular complexity index is 456. The Hall–Kier alpha value is -1.87. The summed E-state index contributed by atoms with van der Waals surface area (Å²) in [5.74, 6) is -0.771. The molecule has 140 valence electrons. The van der Waals surface area contributed by atoms with Crippen LogP contribution in [0, 0.1) is 0 Å². The van der Waals surface area contributed by atoms with E-state index in [2.05, 4.69) is 25.2 Å². The van der Waals surface area contributed by atoms with Gasteiger partial charge in [0.25, 0.3) is 0 Å². The average Bonchev–Trinajstić information content (AvgIpc) is 2.58. The van der Waals surface area contributed by atoms with Crippen LogP contribution in [0.25, 0.3) is 0 Å². The maximum atomic E-state index is 10.3. The Labute approximate surface area is 153 Å². The van der Waals surface area contributed by atoms with E-state index >= 15 is 0 Å². The van der Waals surface area contributed by atoms with Crippen LogP contribution < -0.4 is 0 Å². The van der Waals surface area contributed by atoms with Crippen molar-refractivity contribution in [1.82, 2.24) is 0 Å². The first-order valence-corrected chi connectivity index (χ1v) is 9.35. The van der Waals surface area contributed by atoms with Crippen LogP contribution >= 0.6 is 0 Å². The molecule has 0 aliphatic heterocycles. The molecular formula is C22H34O3. The molecule has 0 rings (SSSR count). The number of carboxylic acids is 1. The van der Waals surface area contributed by atoms with Crippen molar-refractivity contribution in [3.8, 4) is 0 Å². The topological polar surface area (TPSA) is 57.5 Å². The van der Waals surface area contributed by atoms with Crippen LogP contribution in [0.5, 0.6) is 0 Å². The van der Waals surface area contributed by atoms with Gasteiger partial charge in [0.15, 0.2) is 0 Å². The highest BCUT2D eigenvalue weighted by atomic mass is 16.4. The number of hydrogen-bond acceptors (Lipinski definition) is 2. The largest absolute Gasteiger partial charge is 0.481 e. The zero-order valence-corrected chi connectivity index (χ0v) is 15.5. The van der Waals surface area contributed by atoms with E-state index in [1.165, 1.54) is 19.3 Å². The van der Waals surface area contributed by atoms with Crippen LogP contribution in [0.4, 0.5) is 0 Å². The third-order valence-corrected chi connectivity index (χ3v) is 3.50. The summed E-state index contributed by atoms with van der Waals surface area (Å²) in [7, 11) is 0. The Kier molecular flexibility index (Phi) is 17.1. The molecule has 0 aliphatic carbocycles. The SMILES string of the molecule is CCCCC/C=C\C/C=C\C=C\[C@@H](O)C/C=C\C/C=C\CCC(=O)O. The molecule has 0 aromatic carbocycles. The maximum Gasteiger partial charge on any atom is 0.303 e. The lowest BCUT2D eigenvalue weighted by Gasteiger charge is -1.98. The molecule has 0 aromatic heterocycles. The van der Waals surface area contributed by atoms with Crippen molar-refractivity contribution in [2.24, 2.45) is 0 Å². The van der Waals surface area contributed by atoms with Gasteiger partial charge in [-0.15, -0.1) is 0 Å². The van der Waals surface area contributed by atoms with Crippen molar-refractivity contribution in [2.75, 3.05) is 0 Å². The molecule has 1 atom stereocenters. The third kappa shape index (κ3) is 20.1. The van der Waals surface area contributed by atoms with Gasteiger partial charge in [-0.2, -0.15) is 0 Å². The van der Waals surface area contributed by atoms with E-state index in [4.69, 9.17) is 5.11 Å². The van der Waals surface area contributed by atoms with Gasteiger partial charge in [0.1, 0.15) is 0 Å². The quantitative estimate of drug-likeness (QED) is 0.226. The number of rotatable bonds is 15. The molecule has 0 aliphatic rings. The van der Waals surface area contributed by atoms with Crippen molar-refractivity contribution < 1.29 is 15.0 Å². The fourth-order valence-corrected chi connectivity index (χ4v) is 2.06. The van der Waals surface area contributed by atoms with Gasteiger partial charge in [0.2, 0.25) is 0 Å². The Morgan fingerprint density at radius 2 is 1.56 bits per heavy atom. The first kappa shape index (κ1) is 23.1. The van der Waals surface area contributed by atoms with Crippen LogP contribution in [0.15, 0.2) is 60.8 Å². The minimum atomic E-state index is -0.771. The predicted molar refractivity (Wildman–Crippen MR) is 107 cm³/mol. The summed E-state index contributed by atoms with van der Waals surface area (Å²) >= 11 is 0. The molecule has 2 N–H and O–H groups in total. The van der Waals surface area contributed by atoms with Gasteiger partial charge >= 0.3 is 5.97 Å². The Balaban J connectivity index is 3.68. The van der Waals surface area contributed by atoms with E-state index in [1.807, 2.05) is 36.5 Å². The second-order valence-electron chi connectivity index (χ2n) is 5.93. The van der Waals surface area contributed by atoms with E-state index in [0.717, 1.165) is 19.3 Å². The first-order valence-electron chi connectivity index (χ1n) is 9.35. The molecule has 0 radical (unpaired) electrons. The van der Waals surface area contributed by atoms with Crippen LogP contribution in [0.3, 0.4) is 0 Å². The zero-order chi connectivity index (χ0) is 18.6. The van der Waals surface area contributed by atoms with Gasteiger partial charge < -0.3 is 10.2 Å². The van der Waals surface area contributed by atoms with Crippen molar-refractivity contribution in [2.45, 2.75) is 70.8 Å². The van der Waals surface area contributed by atoms with Crippen LogP contribution in [0.1, 0.15) is 64.7 Å². The molecule has 25 heavy (non-hydrogen) atoms. The van der Waals surface area contributed by atoms with Crippen LogP contribution in [-0.2, 0) is 4.79 Å². The van der Waals surface area contributed by atoms with Crippen LogP contribution in [0.2, 0.25) is 0 Å². The number of carboxylic acid groups (broad SMARTS) is 1. The van der Waals surface area contributed by atoms with E-state index in [0.29, 0.717) is 12.8 Å². The van der Waals surface area contributed by atoms with Crippen LogP contribution in [-0.4, -0.2) is 22.3 Å². The summed E-state index contributed by atoms with van der Waals surface area (Å²) in [6.45, 7) is 2.21. The number of hydrogen-bond donors (Lipinski definition) is 2. The van der Waals surface area contributed by atoms with Gasteiger partial charge in [0.05, 0.1) is 6.10 Å². The fraction of sp³-hybridized carbons (Fsp3) is 0.500. The smallest absolute Gasteiger partial charge is 0.303 e. The number of aliphatic hydroxyl groups excluding tert-OH is 1. The van der Waals surface area contributed by atoms with E-state index < -0.39 is 12.1 Å². The lowest BCUT2D eigenvalue weighted by atomic mass is 10.2. The van der Waals surface area contributed by atoms with Gasteiger partial charge in [-0.1, -0.05) is 80.5 Å². The molecule has 0 spiro atoms. The highest BCUT2D eigenvalue weighted by Gasteiger charge is 1.93. The number of allylic oxidation sites excluding steroid dienone is 8. The standard InChI is InChI=1S/C22H34O3/c1-2-3-4-5-6-7-8-9-12-15-18-21(23)19-16-13-10-11-14-17-20-22(24)25/h6-7,9,11-16,18,21,23H,2-5,8,10,17,19-20H2,1H3,(H,24,25)/b7-6-,12-9-,14-11-,16-13-,18-15+/t21-/m1/s1. The highest BCUT2D eigenvalue weighted by molar-refractivity contribution is 5.66. The first-order chi connectivity index (χ1) is 12.2. The monoisotopic (exact) mass is 346 g/mol. The second kappa shape index (κ2) is 18.5. The molecule has 0 saturated heterocycles. The van der Waals surface area contributed by atoms with Gasteiger partial charge in [-0.25, -0.2) is 0 Å². The number of aliphatic carboxylic acids is 1. The van der Waals surface area contributed by atoms with Gasteiger partial charge in [-0.05, 0) is 38.5 Å². The Morgan fingerprint density at radius 1 is 0.880 bits per heavy atom. The molecule has 3 heteroatoms. The van der Waals surface area contributed by atoms with E-state index in [1.54, 1.807) is 6.08 Å². The predicted octanol–water partition coefficient (Wildman–Crippen LogP) is 5.74. The molecule has 0 unspecified atom stereocenters. The van der Waals surface area contributed by atoms with Crippen molar-refractivity contribution in [3.63, 3.8) is 0 Å². The summed E-state index contributed by atoms with van der Waals surface area (Å²) in [5, 5.41) is 18.3. The average molecular weight is 347 g/mol. The second-order valence-corrected chi connectivity index (χ2v) is 5.93. The number of unbranched alkanes of at least 4 members (excludes halogenated alkanes) is 3. The summed E-state index contributed by atoms with van der Waals surface area (Å²) < 4.78 is 0. The zero-order valence-electron chi connectivity index (χ0n) is 15.5. The van der Waals surface area contributed by atoms with Gasteiger partial charge in [-0.3, -0.25) is 4.79 Å². The molecular weight excluding hydrogens is 312 g/mol. The minimum Gasteiger partial charge on any atom is -0.481 e. The molecule has 0 amide bonds. The summed E-state index contributed by atoms with van der Waals surface area (Å²) in [6, 6.07) is 0. The lowest BCUT2D eigenvalue weighted by Crippen LogP contribution is -1.98. The minimum absolute atomic E-state index is 0.173. The summed E-state index contributed by atoms with van der Waals surface area (Å²) in [5.41, 5.74) is 0. The van der Waals surface area contributed by atoms with Crippen molar-refractivity contribution in [1.29, 1.82) is 0 Å².